The molecule has 1 aliphatic heterocycles. The van der Waals surface area contributed by atoms with E-state index in [0.717, 1.165) is 25.2 Å². The lowest BCUT2D eigenvalue weighted by atomic mass is 10.1. The smallest absolute Gasteiger partial charge is 0.336 e. The minimum absolute atomic E-state index is 0. The van der Waals surface area contributed by atoms with Crippen LogP contribution in [0.1, 0.15) is 15.9 Å². The van der Waals surface area contributed by atoms with Gasteiger partial charge in [0.2, 0.25) is 0 Å². The van der Waals surface area contributed by atoms with Crippen LogP contribution in [-0.4, -0.2) is 48.9 Å². The molecule has 1 heterocycles. The summed E-state index contributed by atoms with van der Waals surface area (Å²) in [6.07, 6.45) is -4.37. The van der Waals surface area contributed by atoms with Gasteiger partial charge in [0.1, 0.15) is 0 Å². The second kappa shape index (κ2) is 6.45. The second-order valence-corrected chi connectivity index (χ2v) is 4.67. The Hall–Kier alpha value is -1.27. The van der Waals surface area contributed by atoms with Crippen molar-refractivity contribution < 1.29 is 18.0 Å². The molecule has 112 valence electrons. The number of carbonyl (C=O) groups is 1. The maximum absolute atomic E-state index is 12.4. The molecule has 0 spiro atoms. The van der Waals surface area contributed by atoms with Gasteiger partial charge in [-0.05, 0) is 31.3 Å². The predicted octanol–water partition coefficient (Wildman–Crippen LogP) is 2.51. The molecule has 0 bridgehead atoms. The van der Waals surface area contributed by atoms with Crippen LogP contribution in [0.2, 0.25) is 0 Å². The Morgan fingerprint density at radius 1 is 1.05 bits per heavy atom. The molecule has 7 heteroatoms. The lowest BCUT2D eigenvalue weighted by molar-refractivity contribution is -0.137. The van der Waals surface area contributed by atoms with E-state index in [9.17, 15) is 18.0 Å². The first-order valence-corrected chi connectivity index (χ1v) is 6.03. The molecule has 1 aromatic carbocycles. The third-order valence-electron chi connectivity index (χ3n) is 3.25. The van der Waals surface area contributed by atoms with Crippen molar-refractivity contribution in [3.63, 3.8) is 0 Å². The standard InChI is InChI=1S/C13H15F3N2O.ClH/c1-17-6-8-18(9-7-17)12(19)10-2-4-11(5-3-10)13(14,15)16;/h2-5H,6-9H2,1H3;1H. The van der Waals surface area contributed by atoms with Gasteiger partial charge >= 0.3 is 6.18 Å². The molecule has 0 unspecified atom stereocenters. The van der Waals surface area contributed by atoms with Gasteiger partial charge in [-0.1, -0.05) is 0 Å². The van der Waals surface area contributed by atoms with Crippen LogP contribution in [0.15, 0.2) is 24.3 Å². The molecule has 1 amide bonds. The van der Waals surface area contributed by atoms with Crippen molar-refractivity contribution in [3.05, 3.63) is 35.4 Å². The topological polar surface area (TPSA) is 23.6 Å². The summed E-state index contributed by atoms with van der Waals surface area (Å²) < 4.78 is 37.3. The van der Waals surface area contributed by atoms with Crippen LogP contribution in [0.5, 0.6) is 0 Å². The summed E-state index contributed by atoms with van der Waals surface area (Å²) >= 11 is 0. The number of carbonyl (C=O) groups excluding carboxylic acids is 1. The molecular formula is C13H16ClF3N2O. The molecule has 0 saturated carbocycles. The fourth-order valence-electron chi connectivity index (χ4n) is 1.99. The van der Waals surface area contributed by atoms with Gasteiger partial charge in [-0.15, -0.1) is 12.4 Å². The van der Waals surface area contributed by atoms with Crippen LogP contribution < -0.4 is 0 Å². The van der Waals surface area contributed by atoms with Crippen molar-refractivity contribution >= 4 is 18.3 Å². The molecule has 2 rings (SSSR count). The quantitative estimate of drug-likeness (QED) is 0.796. The Labute approximate surface area is 121 Å². The highest BCUT2D eigenvalue weighted by molar-refractivity contribution is 5.94. The lowest BCUT2D eigenvalue weighted by Gasteiger charge is -2.32. The number of piperazine rings is 1. The SMILES string of the molecule is CN1CCN(C(=O)c2ccc(C(F)(F)F)cc2)CC1.Cl. The molecule has 3 nitrogen and oxygen atoms in total. The van der Waals surface area contributed by atoms with E-state index in [1.807, 2.05) is 7.05 Å². The van der Waals surface area contributed by atoms with E-state index in [-0.39, 0.29) is 18.3 Å². The molecule has 1 saturated heterocycles. The van der Waals surface area contributed by atoms with Gasteiger partial charge in [0.05, 0.1) is 5.56 Å². The third kappa shape index (κ3) is 3.86. The number of benzene rings is 1. The van der Waals surface area contributed by atoms with Gasteiger partial charge < -0.3 is 9.80 Å². The summed E-state index contributed by atoms with van der Waals surface area (Å²) in [6, 6.07) is 4.37. The maximum Gasteiger partial charge on any atom is 0.416 e. The number of hydrogen-bond acceptors (Lipinski definition) is 2. The van der Waals surface area contributed by atoms with E-state index in [0.29, 0.717) is 18.7 Å². The Morgan fingerprint density at radius 2 is 1.55 bits per heavy atom. The number of amides is 1. The van der Waals surface area contributed by atoms with Crippen molar-refractivity contribution in [2.24, 2.45) is 0 Å². The van der Waals surface area contributed by atoms with Crippen LogP contribution in [0.4, 0.5) is 13.2 Å². The average molecular weight is 309 g/mol. The second-order valence-electron chi connectivity index (χ2n) is 4.67. The highest BCUT2D eigenvalue weighted by atomic mass is 35.5. The molecule has 20 heavy (non-hydrogen) atoms. The number of halogens is 4. The first-order chi connectivity index (χ1) is 8.88. The average Bonchev–Trinajstić information content (AvgIpc) is 2.38. The van der Waals surface area contributed by atoms with Crippen LogP contribution in [0, 0.1) is 0 Å². The largest absolute Gasteiger partial charge is 0.416 e. The van der Waals surface area contributed by atoms with E-state index in [1.165, 1.54) is 12.1 Å². The summed E-state index contributed by atoms with van der Waals surface area (Å²) in [5.41, 5.74) is -0.431. The molecule has 0 atom stereocenters. The molecule has 1 fully saturated rings. The Balaban J connectivity index is 0.00000200. The number of alkyl halides is 3. The van der Waals surface area contributed by atoms with Gasteiger partial charge in [0, 0.05) is 31.7 Å². The zero-order valence-electron chi connectivity index (χ0n) is 11.0. The Kier molecular flexibility index (Phi) is 5.42. The number of hydrogen-bond donors (Lipinski definition) is 0. The van der Waals surface area contributed by atoms with Crippen molar-refractivity contribution in [2.45, 2.75) is 6.18 Å². The molecule has 0 radical (unpaired) electrons. The Morgan fingerprint density at radius 3 is 2.00 bits per heavy atom. The minimum Gasteiger partial charge on any atom is -0.336 e. The first-order valence-electron chi connectivity index (χ1n) is 6.03. The zero-order chi connectivity index (χ0) is 14.0. The van der Waals surface area contributed by atoms with E-state index >= 15 is 0 Å². The predicted molar refractivity (Wildman–Crippen MR) is 72.1 cm³/mol. The summed E-state index contributed by atoms with van der Waals surface area (Å²) in [6.45, 7) is 2.78. The summed E-state index contributed by atoms with van der Waals surface area (Å²) in [4.78, 5) is 15.9. The fourth-order valence-corrected chi connectivity index (χ4v) is 1.99. The van der Waals surface area contributed by atoms with Crippen LogP contribution >= 0.6 is 12.4 Å². The molecule has 0 N–H and O–H groups in total. The van der Waals surface area contributed by atoms with Crippen LogP contribution in [0.3, 0.4) is 0 Å². The number of likely N-dealkylation sites (N-methyl/N-ethyl adjacent to an activating group) is 1. The van der Waals surface area contributed by atoms with Crippen molar-refractivity contribution in [2.75, 3.05) is 33.2 Å². The summed E-state index contributed by atoms with van der Waals surface area (Å²) in [5.74, 6) is -0.207. The minimum atomic E-state index is -4.37. The highest BCUT2D eigenvalue weighted by Gasteiger charge is 2.30. The Bertz CT molecular complexity index is 454. The monoisotopic (exact) mass is 308 g/mol. The van der Waals surface area contributed by atoms with Gasteiger partial charge in [-0.3, -0.25) is 4.79 Å². The van der Waals surface area contributed by atoms with Gasteiger partial charge in [0.15, 0.2) is 0 Å². The fraction of sp³-hybridized carbons (Fsp3) is 0.462. The van der Waals surface area contributed by atoms with E-state index in [4.69, 9.17) is 0 Å². The zero-order valence-corrected chi connectivity index (χ0v) is 11.8. The van der Waals surface area contributed by atoms with Crippen LogP contribution in [-0.2, 0) is 6.18 Å². The molecular weight excluding hydrogens is 293 g/mol. The van der Waals surface area contributed by atoms with Gasteiger partial charge in [0.25, 0.3) is 5.91 Å². The highest BCUT2D eigenvalue weighted by Crippen LogP contribution is 2.29. The number of rotatable bonds is 1. The van der Waals surface area contributed by atoms with E-state index < -0.39 is 11.7 Å². The van der Waals surface area contributed by atoms with Crippen molar-refractivity contribution in [1.29, 1.82) is 0 Å². The molecule has 1 aliphatic rings. The van der Waals surface area contributed by atoms with Crippen LogP contribution in [0.25, 0.3) is 0 Å². The first kappa shape index (κ1) is 16.8. The summed E-state index contributed by atoms with van der Waals surface area (Å²) in [5, 5.41) is 0. The summed E-state index contributed by atoms with van der Waals surface area (Å²) in [7, 11) is 1.97. The molecule has 0 aliphatic carbocycles. The van der Waals surface area contributed by atoms with E-state index in [2.05, 4.69) is 4.90 Å². The van der Waals surface area contributed by atoms with E-state index in [1.54, 1.807) is 4.90 Å². The van der Waals surface area contributed by atoms with Crippen molar-refractivity contribution in [1.82, 2.24) is 9.80 Å². The molecule has 0 aromatic heterocycles. The van der Waals surface area contributed by atoms with Crippen molar-refractivity contribution in [3.8, 4) is 0 Å². The number of nitrogens with zero attached hydrogens (tertiary/aromatic N) is 2. The molecule has 1 aromatic rings. The third-order valence-corrected chi connectivity index (χ3v) is 3.25. The maximum atomic E-state index is 12.4. The van der Waals surface area contributed by atoms with Gasteiger partial charge in [-0.2, -0.15) is 13.2 Å². The normalized spacial score (nSPS) is 16.7. The van der Waals surface area contributed by atoms with Gasteiger partial charge in [-0.25, -0.2) is 0 Å². The lowest BCUT2D eigenvalue weighted by Crippen LogP contribution is -2.47.